The number of furan rings is 1. The van der Waals surface area contributed by atoms with Gasteiger partial charge >= 0.3 is 0 Å². The molecule has 2 aromatic rings. The van der Waals surface area contributed by atoms with Crippen LogP contribution in [0.5, 0.6) is 0 Å². The molecule has 0 amide bonds. The van der Waals surface area contributed by atoms with Gasteiger partial charge in [0.25, 0.3) is 0 Å². The molecule has 2 aromatic heterocycles. The highest BCUT2D eigenvalue weighted by Crippen LogP contribution is 2.13. The maximum atomic E-state index is 11.3. The van der Waals surface area contributed by atoms with E-state index in [2.05, 4.69) is 5.10 Å². The van der Waals surface area contributed by atoms with E-state index in [1.54, 1.807) is 17.0 Å². The van der Waals surface area contributed by atoms with Crippen LogP contribution in [0.1, 0.15) is 11.3 Å². The first-order valence-corrected chi connectivity index (χ1v) is 6.87. The lowest BCUT2D eigenvalue weighted by atomic mass is 10.2. The van der Waals surface area contributed by atoms with Gasteiger partial charge in [-0.3, -0.25) is 4.68 Å². The van der Waals surface area contributed by atoms with Crippen molar-refractivity contribution < 1.29 is 12.8 Å². The van der Waals surface area contributed by atoms with E-state index in [4.69, 9.17) is 10.2 Å². The van der Waals surface area contributed by atoms with Crippen molar-refractivity contribution >= 4 is 9.84 Å². The van der Waals surface area contributed by atoms with Gasteiger partial charge in [0.1, 0.15) is 10.7 Å². The van der Waals surface area contributed by atoms with Crippen LogP contribution in [-0.4, -0.2) is 24.5 Å². The smallest absolute Gasteiger partial charge is 0.178 e. The molecule has 0 saturated heterocycles. The van der Waals surface area contributed by atoms with E-state index in [0.29, 0.717) is 18.8 Å². The fourth-order valence-electron chi connectivity index (χ4n) is 1.48. The SMILES string of the molecule is CS(=O)(=O)c1cnn(Cc2ccoc2CN)c1. The molecule has 0 radical (unpaired) electrons. The second kappa shape index (κ2) is 4.34. The third-order valence-electron chi connectivity index (χ3n) is 2.39. The zero-order valence-electron chi connectivity index (χ0n) is 9.33. The van der Waals surface area contributed by atoms with Crippen molar-refractivity contribution in [1.82, 2.24) is 9.78 Å². The van der Waals surface area contributed by atoms with E-state index in [0.717, 1.165) is 11.8 Å². The summed E-state index contributed by atoms with van der Waals surface area (Å²) in [4.78, 5) is 0.204. The Morgan fingerprint density at radius 2 is 2.29 bits per heavy atom. The van der Waals surface area contributed by atoms with Crippen LogP contribution in [0.3, 0.4) is 0 Å². The quantitative estimate of drug-likeness (QED) is 0.853. The van der Waals surface area contributed by atoms with E-state index in [1.807, 2.05) is 0 Å². The van der Waals surface area contributed by atoms with Gasteiger partial charge in [-0.1, -0.05) is 0 Å². The Morgan fingerprint density at radius 3 is 2.88 bits per heavy atom. The molecule has 2 heterocycles. The molecule has 0 aliphatic carbocycles. The first kappa shape index (κ1) is 11.9. The highest BCUT2D eigenvalue weighted by atomic mass is 32.2. The highest BCUT2D eigenvalue weighted by molar-refractivity contribution is 7.90. The number of sulfone groups is 1. The van der Waals surface area contributed by atoms with E-state index in [1.165, 1.54) is 12.4 Å². The third-order valence-corrected chi connectivity index (χ3v) is 3.46. The normalized spacial score (nSPS) is 11.9. The van der Waals surface area contributed by atoms with Gasteiger partial charge in [-0.05, 0) is 6.07 Å². The molecule has 0 atom stereocenters. The minimum absolute atomic E-state index is 0.204. The Kier molecular flexibility index (Phi) is 3.03. The number of hydrogen-bond acceptors (Lipinski definition) is 5. The lowest BCUT2D eigenvalue weighted by molar-refractivity contribution is 0.503. The number of rotatable bonds is 4. The molecule has 17 heavy (non-hydrogen) atoms. The van der Waals surface area contributed by atoms with Crippen molar-refractivity contribution in [1.29, 1.82) is 0 Å². The van der Waals surface area contributed by atoms with Crippen molar-refractivity contribution in [2.45, 2.75) is 18.0 Å². The molecule has 7 heteroatoms. The Morgan fingerprint density at radius 1 is 1.53 bits per heavy atom. The average molecular weight is 255 g/mol. The number of hydrogen-bond donors (Lipinski definition) is 1. The molecule has 0 aliphatic rings. The predicted octanol–water partition coefficient (Wildman–Crippen LogP) is 0.387. The summed E-state index contributed by atoms with van der Waals surface area (Å²) in [6, 6.07) is 1.80. The maximum absolute atomic E-state index is 11.3. The number of nitrogens with zero attached hydrogens (tertiary/aromatic N) is 2. The summed E-state index contributed by atoms with van der Waals surface area (Å²) in [7, 11) is -3.21. The lowest BCUT2D eigenvalue weighted by Gasteiger charge is -2.00. The Bertz CT molecular complexity index is 612. The fourth-order valence-corrected chi connectivity index (χ4v) is 2.04. The van der Waals surface area contributed by atoms with Gasteiger partial charge in [0.15, 0.2) is 9.84 Å². The van der Waals surface area contributed by atoms with Crippen molar-refractivity contribution in [3.05, 3.63) is 36.0 Å². The molecule has 0 bridgehead atoms. The van der Waals surface area contributed by atoms with Crippen LogP contribution in [0.15, 0.2) is 34.0 Å². The molecule has 0 fully saturated rings. The predicted molar refractivity (Wildman–Crippen MR) is 61.0 cm³/mol. The summed E-state index contributed by atoms with van der Waals surface area (Å²) in [6.45, 7) is 0.751. The molecule has 2 N–H and O–H groups in total. The van der Waals surface area contributed by atoms with Crippen LogP contribution in [0.4, 0.5) is 0 Å². The maximum Gasteiger partial charge on any atom is 0.178 e. The van der Waals surface area contributed by atoms with Crippen LogP contribution < -0.4 is 5.73 Å². The van der Waals surface area contributed by atoms with Crippen LogP contribution in [0.25, 0.3) is 0 Å². The second-order valence-electron chi connectivity index (χ2n) is 3.72. The lowest BCUT2D eigenvalue weighted by Crippen LogP contribution is -2.04. The summed E-state index contributed by atoms with van der Waals surface area (Å²) in [5.74, 6) is 0.682. The summed E-state index contributed by atoms with van der Waals surface area (Å²) in [5.41, 5.74) is 6.40. The summed E-state index contributed by atoms with van der Waals surface area (Å²) < 4.78 is 29.3. The number of nitrogens with two attached hydrogens (primary N) is 1. The standard InChI is InChI=1S/C10H13N3O3S/c1-17(14,15)9-5-12-13(7-9)6-8-2-3-16-10(8)4-11/h2-3,5,7H,4,6,11H2,1H3. The Labute approximate surface area is 99.0 Å². The van der Waals surface area contributed by atoms with Crippen LogP contribution >= 0.6 is 0 Å². The topological polar surface area (TPSA) is 91.1 Å². The Hall–Kier alpha value is -1.60. The third kappa shape index (κ3) is 2.56. The van der Waals surface area contributed by atoms with Crippen molar-refractivity contribution in [3.63, 3.8) is 0 Å². The molecular formula is C10H13N3O3S. The van der Waals surface area contributed by atoms with Crippen LogP contribution in [0.2, 0.25) is 0 Å². The van der Waals surface area contributed by atoms with Crippen LogP contribution in [0, 0.1) is 0 Å². The van der Waals surface area contributed by atoms with Gasteiger partial charge in [-0.15, -0.1) is 0 Å². The van der Waals surface area contributed by atoms with Gasteiger partial charge in [0, 0.05) is 18.0 Å². The zero-order chi connectivity index (χ0) is 12.5. The molecule has 92 valence electrons. The fraction of sp³-hybridized carbons (Fsp3) is 0.300. The molecule has 0 aromatic carbocycles. The molecule has 0 unspecified atom stereocenters. The van der Waals surface area contributed by atoms with Crippen molar-refractivity contribution in [2.24, 2.45) is 5.73 Å². The summed E-state index contributed by atoms with van der Waals surface area (Å²) >= 11 is 0. The second-order valence-corrected chi connectivity index (χ2v) is 5.73. The average Bonchev–Trinajstić information content (AvgIpc) is 2.86. The molecule has 0 spiro atoms. The van der Waals surface area contributed by atoms with Crippen molar-refractivity contribution in [3.8, 4) is 0 Å². The highest BCUT2D eigenvalue weighted by Gasteiger charge is 2.11. The minimum atomic E-state index is -3.21. The van der Waals surface area contributed by atoms with Gasteiger partial charge in [-0.25, -0.2) is 8.42 Å². The summed E-state index contributed by atoms with van der Waals surface area (Å²) in [5, 5.41) is 3.99. The van der Waals surface area contributed by atoms with E-state index >= 15 is 0 Å². The molecule has 0 aliphatic heterocycles. The molecular weight excluding hydrogens is 242 g/mol. The molecule has 0 saturated carbocycles. The van der Waals surface area contributed by atoms with Gasteiger partial charge < -0.3 is 10.2 Å². The Balaban J connectivity index is 2.23. The van der Waals surface area contributed by atoms with Crippen molar-refractivity contribution in [2.75, 3.05) is 6.26 Å². The number of aromatic nitrogens is 2. The zero-order valence-corrected chi connectivity index (χ0v) is 10.1. The largest absolute Gasteiger partial charge is 0.468 e. The minimum Gasteiger partial charge on any atom is -0.468 e. The molecule has 6 nitrogen and oxygen atoms in total. The monoisotopic (exact) mass is 255 g/mol. The van der Waals surface area contributed by atoms with Crippen LogP contribution in [-0.2, 0) is 22.9 Å². The van der Waals surface area contributed by atoms with E-state index in [-0.39, 0.29) is 4.90 Å². The van der Waals surface area contributed by atoms with Gasteiger partial charge in [0.2, 0.25) is 0 Å². The first-order valence-electron chi connectivity index (χ1n) is 4.98. The van der Waals surface area contributed by atoms with Gasteiger partial charge in [-0.2, -0.15) is 5.10 Å². The summed E-state index contributed by atoms with van der Waals surface area (Å²) in [6.07, 6.45) is 5.52. The first-order chi connectivity index (χ1) is 8.00. The van der Waals surface area contributed by atoms with Gasteiger partial charge in [0.05, 0.1) is 25.5 Å². The van der Waals surface area contributed by atoms with E-state index in [9.17, 15) is 8.42 Å². The van der Waals surface area contributed by atoms with E-state index < -0.39 is 9.84 Å². The molecule has 2 rings (SSSR count).